The molecule has 3 N–H and O–H groups in total. The Labute approximate surface area is 216 Å². The van der Waals surface area contributed by atoms with E-state index in [1.165, 1.54) is 0 Å². The highest BCUT2D eigenvalue weighted by Crippen LogP contribution is 2.43. The Morgan fingerprint density at radius 3 is 2.39 bits per heavy atom. The van der Waals surface area contributed by atoms with Gasteiger partial charge < -0.3 is 11.1 Å². The van der Waals surface area contributed by atoms with Crippen LogP contribution in [0.5, 0.6) is 0 Å². The molecule has 7 nitrogen and oxygen atoms in total. The highest BCUT2D eigenvalue weighted by Gasteiger charge is 2.35. The number of anilines is 1. The molecule has 4 aromatic rings. The number of benzene rings is 1. The summed E-state index contributed by atoms with van der Waals surface area (Å²) in [6.07, 6.45) is -4.69. The maximum atomic E-state index is 13.6. The van der Waals surface area contributed by atoms with Crippen LogP contribution in [-0.2, 0) is 17.5 Å². The van der Waals surface area contributed by atoms with Crippen LogP contribution in [0.1, 0.15) is 38.7 Å². The predicted molar refractivity (Wildman–Crippen MR) is 136 cm³/mol. The van der Waals surface area contributed by atoms with Crippen molar-refractivity contribution in [1.82, 2.24) is 14.8 Å². The van der Waals surface area contributed by atoms with Crippen LogP contribution in [0.4, 0.5) is 18.9 Å². The number of amides is 2. The number of primary amides is 1. The molecule has 36 heavy (non-hydrogen) atoms. The number of rotatable bonds is 6. The summed E-state index contributed by atoms with van der Waals surface area (Å²) in [6.45, 7) is 5.81. The normalized spacial score (nSPS) is 11.8. The smallest absolute Gasteiger partial charge is 0.365 e. The van der Waals surface area contributed by atoms with Gasteiger partial charge in [-0.25, -0.2) is 4.98 Å². The molecule has 0 atom stereocenters. The van der Waals surface area contributed by atoms with Gasteiger partial charge >= 0.3 is 6.18 Å². The van der Waals surface area contributed by atoms with E-state index in [0.29, 0.717) is 16.9 Å². The van der Waals surface area contributed by atoms with Gasteiger partial charge in [-0.2, -0.15) is 18.3 Å². The molecule has 0 aliphatic rings. The van der Waals surface area contributed by atoms with Crippen LogP contribution in [0, 0.1) is 20.8 Å². The van der Waals surface area contributed by atoms with Crippen LogP contribution in [0.25, 0.3) is 21.3 Å². The van der Waals surface area contributed by atoms with E-state index in [2.05, 4.69) is 31.3 Å². The summed E-state index contributed by atoms with van der Waals surface area (Å²) in [5, 5.41) is 7.30. The van der Waals surface area contributed by atoms with Crippen molar-refractivity contribution < 1.29 is 22.8 Å². The molecule has 3 heterocycles. The molecule has 1 aromatic carbocycles. The Kier molecular flexibility index (Phi) is 6.93. The third-order valence-corrected chi connectivity index (χ3v) is 7.89. The molecule has 188 valence electrons. The van der Waals surface area contributed by atoms with Gasteiger partial charge in [-0.05, 0) is 53.9 Å². The molecule has 0 fully saturated rings. The van der Waals surface area contributed by atoms with Crippen LogP contribution in [0.15, 0.2) is 34.8 Å². The molecule has 3 aromatic heterocycles. The minimum absolute atomic E-state index is 0.0118. The van der Waals surface area contributed by atoms with Crippen molar-refractivity contribution in [3.63, 3.8) is 0 Å². The van der Waals surface area contributed by atoms with Crippen LogP contribution in [0.2, 0.25) is 0 Å². The Bertz CT molecular complexity index is 1490. The molecule has 0 spiro atoms. The second-order valence-corrected chi connectivity index (χ2v) is 10.1. The van der Waals surface area contributed by atoms with Crippen molar-refractivity contribution in [2.75, 3.05) is 5.32 Å². The van der Waals surface area contributed by atoms with Gasteiger partial charge in [0.15, 0.2) is 0 Å². The van der Waals surface area contributed by atoms with Crippen molar-refractivity contribution in [2.24, 2.45) is 5.73 Å². The molecular weight excluding hydrogens is 559 g/mol. The molecule has 4 rings (SSSR count). The standard InChI is InChI=1S/C24H21BrF3N5O2S/c1-11-4-6-14(7-5-11)15-10-16(24(26,27)28)30-23-18(15)20(21(36-23)22(29)35)31-17(34)8-9-33-13(3)19(25)12(2)32-33/h4-7,10H,8-9H2,1-3H3,(H2,29,35)(H,31,34). The zero-order chi connectivity index (χ0) is 26.4. The molecule has 2 amide bonds. The quantitative estimate of drug-likeness (QED) is 0.292. The number of hydrogen-bond donors (Lipinski definition) is 2. The SMILES string of the molecule is Cc1ccc(-c2cc(C(F)(F)F)nc3sc(C(N)=O)c(NC(=O)CCn4nc(C)c(Br)c4C)c23)cc1. The molecule has 0 bridgehead atoms. The lowest BCUT2D eigenvalue weighted by atomic mass is 10.00. The van der Waals surface area contributed by atoms with Gasteiger partial charge in [-0.15, -0.1) is 11.3 Å². The summed E-state index contributed by atoms with van der Waals surface area (Å²) in [7, 11) is 0. The van der Waals surface area contributed by atoms with E-state index in [-0.39, 0.29) is 39.3 Å². The van der Waals surface area contributed by atoms with Crippen molar-refractivity contribution >= 4 is 55.0 Å². The van der Waals surface area contributed by atoms with Crippen molar-refractivity contribution in [3.8, 4) is 11.1 Å². The second-order valence-electron chi connectivity index (χ2n) is 8.28. The molecular formula is C24H21BrF3N5O2S. The first-order chi connectivity index (χ1) is 16.9. The third-order valence-electron chi connectivity index (χ3n) is 5.65. The number of thiophene rings is 1. The lowest BCUT2D eigenvalue weighted by Crippen LogP contribution is -2.18. The van der Waals surface area contributed by atoms with Gasteiger partial charge in [0.2, 0.25) is 5.91 Å². The number of carbonyl (C=O) groups excluding carboxylic acids is 2. The summed E-state index contributed by atoms with van der Waals surface area (Å²) in [5.41, 5.74) is 7.72. The predicted octanol–water partition coefficient (Wildman–Crippen LogP) is 5.99. The third kappa shape index (κ3) is 5.00. The van der Waals surface area contributed by atoms with Gasteiger partial charge in [0, 0.05) is 17.5 Å². The number of nitrogens with zero attached hydrogens (tertiary/aromatic N) is 3. The minimum Gasteiger partial charge on any atom is -0.365 e. The fourth-order valence-corrected chi connectivity index (χ4v) is 5.09. The highest BCUT2D eigenvalue weighted by atomic mass is 79.9. The van der Waals surface area contributed by atoms with E-state index in [0.717, 1.165) is 27.5 Å². The number of pyridine rings is 1. The first kappa shape index (κ1) is 25.8. The average Bonchev–Trinajstić information content (AvgIpc) is 3.29. The lowest BCUT2D eigenvalue weighted by Gasteiger charge is -2.13. The molecule has 12 heteroatoms. The molecule has 0 radical (unpaired) electrons. The number of fused-ring (bicyclic) bond motifs is 1. The van der Waals surface area contributed by atoms with E-state index < -0.39 is 23.7 Å². The van der Waals surface area contributed by atoms with Gasteiger partial charge in [0.25, 0.3) is 5.91 Å². The second kappa shape index (κ2) is 9.66. The summed E-state index contributed by atoms with van der Waals surface area (Å²) in [6, 6.07) is 7.81. The average molecular weight is 580 g/mol. The Morgan fingerprint density at radius 1 is 1.17 bits per heavy atom. The zero-order valence-corrected chi connectivity index (χ0v) is 21.9. The van der Waals surface area contributed by atoms with E-state index in [1.54, 1.807) is 28.9 Å². The number of hydrogen-bond acceptors (Lipinski definition) is 5. The number of alkyl halides is 3. The topological polar surface area (TPSA) is 103 Å². The molecule has 0 saturated heterocycles. The van der Waals surface area contributed by atoms with Crippen molar-refractivity contribution in [1.29, 1.82) is 0 Å². The number of aromatic nitrogens is 3. The van der Waals surface area contributed by atoms with Crippen LogP contribution in [-0.4, -0.2) is 26.6 Å². The van der Waals surface area contributed by atoms with E-state index in [4.69, 9.17) is 5.73 Å². The first-order valence-corrected chi connectivity index (χ1v) is 12.4. The zero-order valence-electron chi connectivity index (χ0n) is 19.5. The van der Waals surface area contributed by atoms with E-state index in [1.807, 2.05) is 20.8 Å². The lowest BCUT2D eigenvalue weighted by molar-refractivity contribution is -0.140. The number of nitrogens with one attached hydrogen (secondary N) is 1. The first-order valence-electron chi connectivity index (χ1n) is 10.8. The fourth-order valence-electron chi connectivity index (χ4n) is 3.80. The Morgan fingerprint density at radius 2 is 1.83 bits per heavy atom. The van der Waals surface area contributed by atoms with Gasteiger partial charge in [-0.3, -0.25) is 14.3 Å². The van der Waals surface area contributed by atoms with Gasteiger partial charge in [0.05, 0.1) is 22.4 Å². The minimum atomic E-state index is -4.71. The summed E-state index contributed by atoms with van der Waals surface area (Å²) in [4.78, 5) is 28.8. The molecule has 0 aliphatic heterocycles. The van der Waals surface area contributed by atoms with Gasteiger partial charge in [0.1, 0.15) is 15.4 Å². The molecule has 0 saturated carbocycles. The van der Waals surface area contributed by atoms with Crippen LogP contribution < -0.4 is 11.1 Å². The van der Waals surface area contributed by atoms with E-state index in [9.17, 15) is 22.8 Å². The Balaban J connectivity index is 1.80. The highest BCUT2D eigenvalue weighted by molar-refractivity contribution is 9.10. The summed E-state index contributed by atoms with van der Waals surface area (Å²) >= 11 is 4.16. The molecule has 0 unspecified atom stereocenters. The number of carbonyl (C=O) groups is 2. The van der Waals surface area contributed by atoms with Gasteiger partial charge in [-0.1, -0.05) is 29.8 Å². The van der Waals surface area contributed by atoms with Crippen LogP contribution in [0.3, 0.4) is 0 Å². The van der Waals surface area contributed by atoms with E-state index >= 15 is 0 Å². The molecule has 0 aliphatic carbocycles. The fraction of sp³-hybridized carbons (Fsp3) is 0.250. The summed E-state index contributed by atoms with van der Waals surface area (Å²) in [5.74, 6) is -1.32. The maximum Gasteiger partial charge on any atom is 0.433 e. The maximum absolute atomic E-state index is 13.6. The van der Waals surface area contributed by atoms with Crippen molar-refractivity contribution in [2.45, 2.75) is 39.9 Å². The summed E-state index contributed by atoms with van der Waals surface area (Å²) < 4.78 is 43.5. The Hall–Kier alpha value is -3.25. The number of nitrogens with two attached hydrogens (primary N) is 1. The monoisotopic (exact) mass is 579 g/mol. The van der Waals surface area contributed by atoms with Crippen LogP contribution >= 0.6 is 27.3 Å². The van der Waals surface area contributed by atoms with Crippen molar-refractivity contribution in [3.05, 3.63) is 62.3 Å². The largest absolute Gasteiger partial charge is 0.433 e. The number of aryl methyl sites for hydroxylation is 3. The number of halogens is 4.